The average Bonchev–Trinajstić information content (AvgIpc) is 2.87. The van der Waals surface area contributed by atoms with Crippen LogP contribution in [0.1, 0.15) is 40.4 Å². The van der Waals surface area contributed by atoms with E-state index in [4.69, 9.17) is 9.47 Å². The standard InChI is InChI=1S/C20H18O4/c1-4-18(21)23-16-9-8-15-19(22)17(24-20(15)13(16)3)11-14-7-5-6-12(2)10-14/h5-11H,4H2,1-3H3/b17-11-. The lowest BCUT2D eigenvalue weighted by molar-refractivity contribution is -0.134. The SMILES string of the molecule is CCC(=O)Oc1ccc2c(c1C)O/C(=C\c1cccc(C)c1)C2=O. The molecule has 3 rings (SSSR count). The van der Waals surface area contributed by atoms with Crippen LogP contribution in [-0.4, -0.2) is 11.8 Å². The minimum Gasteiger partial charge on any atom is -0.452 e. The van der Waals surface area contributed by atoms with E-state index in [9.17, 15) is 9.59 Å². The summed E-state index contributed by atoms with van der Waals surface area (Å²) < 4.78 is 11.0. The van der Waals surface area contributed by atoms with Gasteiger partial charge in [-0.2, -0.15) is 0 Å². The fourth-order valence-electron chi connectivity index (χ4n) is 2.58. The van der Waals surface area contributed by atoms with Crippen LogP contribution >= 0.6 is 0 Å². The first kappa shape index (κ1) is 16.0. The van der Waals surface area contributed by atoms with Crippen molar-refractivity contribution in [2.45, 2.75) is 27.2 Å². The molecule has 1 heterocycles. The van der Waals surface area contributed by atoms with Crippen LogP contribution in [0.4, 0.5) is 0 Å². The molecular weight excluding hydrogens is 304 g/mol. The number of benzene rings is 2. The quantitative estimate of drug-likeness (QED) is 0.482. The molecule has 0 amide bonds. The molecule has 0 saturated heterocycles. The molecule has 0 aliphatic carbocycles. The van der Waals surface area contributed by atoms with Gasteiger partial charge in [0.25, 0.3) is 0 Å². The number of Topliss-reactive ketones (excluding diaryl/α,β-unsaturated/α-hetero) is 1. The number of hydrogen-bond donors (Lipinski definition) is 0. The van der Waals surface area contributed by atoms with Gasteiger partial charge in [-0.25, -0.2) is 0 Å². The number of ketones is 1. The Bertz CT molecular complexity index is 862. The molecule has 0 bridgehead atoms. The van der Waals surface area contributed by atoms with E-state index in [0.29, 0.717) is 22.6 Å². The summed E-state index contributed by atoms with van der Waals surface area (Å²) in [5, 5.41) is 0. The van der Waals surface area contributed by atoms with Crippen LogP contribution in [0.2, 0.25) is 0 Å². The van der Waals surface area contributed by atoms with Crippen LogP contribution in [0, 0.1) is 13.8 Å². The Morgan fingerprint density at radius 2 is 2.00 bits per heavy atom. The van der Waals surface area contributed by atoms with E-state index in [0.717, 1.165) is 11.1 Å². The van der Waals surface area contributed by atoms with Crippen molar-refractivity contribution >= 4 is 17.8 Å². The lowest BCUT2D eigenvalue weighted by atomic mass is 10.1. The van der Waals surface area contributed by atoms with Crippen molar-refractivity contribution < 1.29 is 19.1 Å². The molecule has 122 valence electrons. The second-order valence-corrected chi connectivity index (χ2v) is 5.75. The van der Waals surface area contributed by atoms with Gasteiger partial charge in [0.05, 0.1) is 5.56 Å². The molecule has 1 aliphatic heterocycles. The Morgan fingerprint density at radius 1 is 1.21 bits per heavy atom. The third-order valence-corrected chi connectivity index (χ3v) is 3.89. The smallest absolute Gasteiger partial charge is 0.310 e. The second kappa shape index (κ2) is 6.32. The van der Waals surface area contributed by atoms with E-state index < -0.39 is 0 Å². The topological polar surface area (TPSA) is 52.6 Å². The van der Waals surface area contributed by atoms with Crippen molar-refractivity contribution in [3.63, 3.8) is 0 Å². The van der Waals surface area contributed by atoms with Gasteiger partial charge in [-0.3, -0.25) is 9.59 Å². The van der Waals surface area contributed by atoms with Crippen molar-refractivity contribution in [1.82, 2.24) is 0 Å². The van der Waals surface area contributed by atoms with Crippen LogP contribution in [-0.2, 0) is 4.79 Å². The first-order valence-electron chi connectivity index (χ1n) is 7.84. The highest BCUT2D eigenvalue weighted by Gasteiger charge is 2.30. The number of rotatable bonds is 3. The molecule has 2 aromatic carbocycles. The summed E-state index contributed by atoms with van der Waals surface area (Å²) in [5.41, 5.74) is 3.15. The van der Waals surface area contributed by atoms with Crippen molar-refractivity contribution in [2.24, 2.45) is 0 Å². The molecule has 4 heteroatoms. The summed E-state index contributed by atoms with van der Waals surface area (Å²) in [6, 6.07) is 11.1. The molecule has 0 atom stereocenters. The number of ether oxygens (including phenoxy) is 2. The summed E-state index contributed by atoms with van der Waals surface area (Å²) in [6.07, 6.45) is 2.02. The summed E-state index contributed by atoms with van der Waals surface area (Å²) in [5.74, 6) is 0.670. The summed E-state index contributed by atoms with van der Waals surface area (Å²) >= 11 is 0. The summed E-state index contributed by atoms with van der Waals surface area (Å²) in [7, 11) is 0. The zero-order valence-electron chi connectivity index (χ0n) is 13.9. The van der Waals surface area contributed by atoms with Gasteiger partial charge in [0.1, 0.15) is 11.5 Å². The Morgan fingerprint density at radius 3 is 2.71 bits per heavy atom. The molecular formula is C20H18O4. The summed E-state index contributed by atoms with van der Waals surface area (Å²) in [6.45, 7) is 5.50. The van der Waals surface area contributed by atoms with Crippen molar-refractivity contribution in [3.05, 3.63) is 64.4 Å². The van der Waals surface area contributed by atoms with E-state index in [2.05, 4.69) is 0 Å². The van der Waals surface area contributed by atoms with Gasteiger partial charge in [-0.15, -0.1) is 0 Å². The number of esters is 1. The Hall–Kier alpha value is -2.88. The highest BCUT2D eigenvalue weighted by molar-refractivity contribution is 6.15. The molecule has 0 saturated carbocycles. The fraction of sp³-hybridized carbons (Fsp3) is 0.200. The zero-order valence-corrected chi connectivity index (χ0v) is 13.9. The lowest BCUT2D eigenvalue weighted by Gasteiger charge is -2.09. The number of aryl methyl sites for hydroxylation is 1. The van der Waals surface area contributed by atoms with E-state index in [1.54, 1.807) is 32.1 Å². The third kappa shape index (κ3) is 2.95. The zero-order chi connectivity index (χ0) is 17.3. The second-order valence-electron chi connectivity index (χ2n) is 5.75. The first-order chi connectivity index (χ1) is 11.5. The predicted molar refractivity (Wildman–Crippen MR) is 91.2 cm³/mol. The minimum atomic E-state index is -0.321. The molecule has 0 spiro atoms. The number of carbonyl (C=O) groups is 2. The van der Waals surface area contributed by atoms with Crippen molar-refractivity contribution in [1.29, 1.82) is 0 Å². The monoisotopic (exact) mass is 322 g/mol. The van der Waals surface area contributed by atoms with E-state index in [1.165, 1.54) is 0 Å². The van der Waals surface area contributed by atoms with Gasteiger partial charge < -0.3 is 9.47 Å². The lowest BCUT2D eigenvalue weighted by Crippen LogP contribution is -2.06. The van der Waals surface area contributed by atoms with Gasteiger partial charge in [0.15, 0.2) is 5.76 Å². The van der Waals surface area contributed by atoms with Crippen LogP contribution in [0.3, 0.4) is 0 Å². The van der Waals surface area contributed by atoms with Gasteiger partial charge in [0.2, 0.25) is 5.78 Å². The number of carbonyl (C=O) groups excluding carboxylic acids is 2. The van der Waals surface area contributed by atoms with Gasteiger partial charge in [-0.1, -0.05) is 36.8 Å². The molecule has 24 heavy (non-hydrogen) atoms. The minimum absolute atomic E-state index is 0.164. The third-order valence-electron chi connectivity index (χ3n) is 3.89. The highest BCUT2D eigenvalue weighted by Crippen LogP contribution is 2.39. The molecule has 0 radical (unpaired) electrons. The molecule has 0 aromatic heterocycles. The number of fused-ring (bicyclic) bond motifs is 1. The van der Waals surface area contributed by atoms with Crippen molar-refractivity contribution in [2.75, 3.05) is 0 Å². The molecule has 0 fully saturated rings. The van der Waals surface area contributed by atoms with Gasteiger partial charge in [0, 0.05) is 12.0 Å². The van der Waals surface area contributed by atoms with E-state index in [-0.39, 0.29) is 23.9 Å². The summed E-state index contributed by atoms with van der Waals surface area (Å²) in [4.78, 5) is 24.0. The van der Waals surface area contributed by atoms with Crippen molar-refractivity contribution in [3.8, 4) is 11.5 Å². The largest absolute Gasteiger partial charge is 0.452 e. The maximum atomic E-state index is 12.5. The van der Waals surface area contributed by atoms with Crippen LogP contribution in [0.25, 0.3) is 6.08 Å². The van der Waals surface area contributed by atoms with Gasteiger partial charge in [-0.05, 0) is 37.6 Å². The van der Waals surface area contributed by atoms with Crippen LogP contribution in [0.5, 0.6) is 11.5 Å². The molecule has 4 nitrogen and oxygen atoms in total. The van der Waals surface area contributed by atoms with Gasteiger partial charge >= 0.3 is 5.97 Å². The molecule has 1 aliphatic rings. The van der Waals surface area contributed by atoms with E-state index in [1.807, 2.05) is 31.2 Å². The maximum absolute atomic E-state index is 12.5. The average molecular weight is 322 g/mol. The number of hydrogen-bond acceptors (Lipinski definition) is 4. The molecule has 2 aromatic rings. The first-order valence-corrected chi connectivity index (χ1v) is 7.84. The Labute approximate surface area is 140 Å². The number of allylic oxidation sites excluding steroid dienone is 1. The highest BCUT2D eigenvalue weighted by atomic mass is 16.5. The molecule has 0 N–H and O–H groups in total. The fourth-order valence-corrected chi connectivity index (χ4v) is 2.58. The Kier molecular flexibility index (Phi) is 4.21. The van der Waals surface area contributed by atoms with Crippen LogP contribution < -0.4 is 9.47 Å². The predicted octanol–water partition coefficient (Wildman–Crippen LogP) is 4.24. The maximum Gasteiger partial charge on any atom is 0.310 e. The van der Waals surface area contributed by atoms with Crippen LogP contribution in [0.15, 0.2) is 42.2 Å². The molecule has 0 unspecified atom stereocenters. The van der Waals surface area contributed by atoms with E-state index >= 15 is 0 Å². The Balaban J connectivity index is 1.95. The normalized spacial score (nSPS) is 14.5.